The molecule has 9 heteroatoms. The molecule has 0 bridgehead atoms. The number of H-pyrrole nitrogens is 1. The molecule has 0 unspecified atom stereocenters. The largest absolute Gasteiger partial charge is 0.550 e. The number of rotatable bonds is 5. The number of nitrogens with zero attached hydrogens (tertiary/aromatic N) is 3. The lowest BCUT2D eigenvalue weighted by atomic mass is 10.3. The third kappa shape index (κ3) is 3.78. The van der Waals surface area contributed by atoms with Crippen molar-refractivity contribution in [3.8, 4) is 5.95 Å². The van der Waals surface area contributed by atoms with E-state index in [0.29, 0.717) is 11.4 Å². The fourth-order valence-electron chi connectivity index (χ4n) is 1.83. The van der Waals surface area contributed by atoms with Crippen molar-refractivity contribution in [3.63, 3.8) is 0 Å². The molecule has 0 spiro atoms. The fourth-order valence-corrected chi connectivity index (χ4v) is 1.83. The minimum absolute atomic E-state index is 0.160. The second-order valence-electron chi connectivity index (χ2n) is 4.71. The zero-order valence-electron chi connectivity index (χ0n) is 12.0. The van der Waals surface area contributed by atoms with E-state index in [1.807, 2.05) is 0 Å². The van der Waals surface area contributed by atoms with Gasteiger partial charge in [0.15, 0.2) is 0 Å². The van der Waals surface area contributed by atoms with Gasteiger partial charge in [-0.25, -0.2) is 4.98 Å². The molecule has 0 saturated carbocycles. The average Bonchev–Trinajstić information content (AvgIpc) is 2.76. The van der Waals surface area contributed by atoms with Gasteiger partial charge in [-0.2, -0.15) is 9.78 Å². The Morgan fingerprint density at radius 1 is 1.27 bits per heavy atom. The highest BCUT2D eigenvalue weighted by atomic mass is 16.4. The molecular weight excluding hydrogens is 290 g/mol. The molecule has 0 aliphatic carbocycles. The van der Waals surface area contributed by atoms with Crippen LogP contribution < -0.4 is 16.0 Å². The number of anilines is 1. The number of carbonyl (C=O) groups is 2. The van der Waals surface area contributed by atoms with Crippen molar-refractivity contribution in [2.45, 2.75) is 26.7 Å². The zero-order valence-corrected chi connectivity index (χ0v) is 12.0. The van der Waals surface area contributed by atoms with Crippen molar-refractivity contribution >= 4 is 17.7 Å². The van der Waals surface area contributed by atoms with Crippen LogP contribution in [-0.4, -0.2) is 31.6 Å². The van der Waals surface area contributed by atoms with Crippen LogP contribution in [0, 0.1) is 13.8 Å². The molecule has 0 atom stereocenters. The van der Waals surface area contributed by atoms with Gasteiger partial charge in [0.2, 0.25) is 11.9 Å². The summed E-state index contributed by atoms with van der Waals surface area (Å²) in [6.45, 7) is 3.37. The third-order valence-electron chi connectivity index (χ3n) is 2.71. The van der Waals surface area contributed by atoms with Gasteiger partial charge in [-0.15, -0.1) is 0 Å². The SMILES string of the molecule is Cc1cc(=O)[nH]c(-n2nc(C)cc2NC(=O)CCC(=O)[O-])n1. The van der Waals surface area contributed by atoms with Crippen LogP contribution in [0.4, 0.5) is 5.82 Å². The van der Waals surface area contributed by atoms with Crippen LogP contribution in [0.2, 0.25) is 0 Å². The van der Waals surface area contributed by atoms with Crippen molar-refractivity contribution in [2.75, 3.05) is 5.32 Å². The smallest absolute Gasteiger partial charge is 0.252 e. The van der Waals surface area contributed by atoms with Gasteiger partial charge in [0.05, 0.1) is 5.69 Å². The number of hydrogen-bond donors (Lipinski definition) is 2. The number of nitrogens with one attached hydrogen (secondary N) is 2. The highest BCUT2D eigenvalue weighted by Gasteiger charge is 2.13. The molecule has 2 rings (SSSR count). The van der Waals surface area contributed by atoms with Gasteiger partial charge in [-0.1, -0.05) is 0 Å². The summed E-state index contributed by atoms with van der Waals surface area (Å²) in [5.41, 5.74) is 0.755. The van der Waals surface area contributed by atoms with Crippen LogP contribution in [0.3, 0.4) is 0 Å². The van der Waals surface area contributed by atoms with E-state index >= 15 is 0 Å². The quantitative estimate of drug-likeness (QED) is 0.731. The molecule has 0 saturated heterocycles. The first-order chi connectivity index (χ1) is 10.3. The summed E-state index contributed by atoms with van der Waals surface area (Å²) < 4.78 is 1.28. The van der Waals surface area contributed by atoms with Crippen molar-refractivity contribution < 1.29 is 14.7 Å². The van der Waals surface area contributed by atoms with Gasteiger partial charge < -0.3 is 15.2 Å². The third-order valence-corrected chi connectivity index (χ3v) is 2.71. The number of carboxylic acids is 1. The molecule has 116 valence electrons. The number of aliphatic carboxylic acids is 1. The zero-order chi connectivity index (χ0) is 16.3. The standard InChI is InChI=1S/C13H15N5O4/c1-7-6-11(20)16-13(14-7)18-9(5-8(2)17-18)15-10(19)3-4-12(21)22/h5-6H,3-4H2,1-2H3,(H,15,19)(H,21,22)(H,14,16,20)/p-1. The Bertz CT molecular complexity index is 777. The van der Waals surface area contributed by atoms with Gasteiger partial charge in [0.1, 0.15) is 5.82 Å². The first kappa shape index (κ1) is 15.4. The van der Waals surface area contributed by atoms with Crippen molar-refractivity contribution in [3.05, 3.63) is 33.9 Å². The molecule has 0 aromatic carbocycles. The molecule has 0 radical (unpaired) electrons. The number of aryl methyl sites for hydroxylation is 2. The lowest BCUT2D eigenvalue weighted by Gasteiger charge is -2.08. The predicted octanol–water partition coefficient (Wildman–Crippen LogP) is -0.959. The number of aromatic nitrogens is 4. The Hall–Kier alpha value is -2.97. The second-order valence-corrected chi connectivity index (χ2v) is 4.71. The average molecular weight is 304 g/mol. The highest BCUT2D eigenvalue weighted by molar-refractivity contribution is 5.91. The van der Waals surface area contributed by atoms with Crippen molar-refractivity contribution in [2.24, 2.45) is 0 Å². The number of carboxylic acid groups (broad SMARTS) is 1. The maximum atomic E-state index is 11.7. The van der Waals surface area contributed by atoms with E-state index in [1.54, 1.807) is 19.9 Å². The summed E-state index contributed by atoms with van der Waals surface area (Å²) in [5, 5.41) is 17.0. The fraction of sp³-hybridized carbons (Fsp3) is 0.308. The molecule has 0 aliphatic rings. The van der Waals surface area contributed by atoms with E-state index in [-0.39, 0.29) is 30.2 Å². The van der Waals surface area contributed by atoms with Crippen molar-refractivity contribution in [1.82, 2.24) is 19.7 Å². The van der Waals surface area contributed by atoms with Crippen molar-refractivity contribution in [1.29, 1.82) is 0 Å². The predicted molar refractivity (Wildman–Crippen MR) is 74.3 cm³/mol. The minimum Gasteiger partial charge on any atom is -0.550 e. The minimum atomic E-state index is -1.30. The molecule has 1 amide bonds. The van der Waals surface area contributed by atoms with Gasteiger partial charge in [-0.3, -0.25) is 14.6 Å². The molecule has 2 aromatic heterocycles. The van der Waals surface area contributed by atoms with E-state index in [1.165, 1.54) is 10.7 Å². The van der Waals surface area contributed by atoms with Gasteiger partial charge in [0.25, 0.3) is 5.56 Å². The van der Waals surface area contributed by atoms with E-state index in [0.717, 1.165) is 0 Å². The maximum absolute atomic E-state index is 11.7. The first-order valence-electron chi connectivity index (χ1n) is 6.50. The van der Waals surface area contributed by atoms with Crippen LogP contribution in [0.25, 0.3) is 5.95 Å². The molecule has 2 aromatic rings. The van der Waals surface area contributed by atoms with E-state index < -0.39 is 11.9 Å². The molecule has 22 heavy (non-hydrogen) atoms. The summed E-state index contributed by atoms with van der Waals surface area (Å²) in [6, 6.07) is 2.91. The van der Waals surface area contributed by atoms with Gasteiger partial charge in [-0.05, 0) is 20.3 Å². The molecule has 0 aliphatic heterocycles. The van der Waals surface area contributed by atoms with E-state index in [4.69, 9.17) is 0 Å². The number of amides is 1. The Morgan fingerprint density at radius 3 is 2.64 bits per heavy atom. The summed E-state index contributed by atoms with van der Waals surface area (Å²) in [7, 11) is 0. The Kier molecular flexibility index (Phi) is 4.35. The van der Waals surface area contributed by atoms with Crippen LogP contribution in [0.1, 0.15) is 24.2 Å². The normalized spacial score (nSPS) is 10.5. The number of aromatic amines is 1. The lowest BCUT2D eigenvalue weighted by molar-refractivity contribution is -0.305. The van der Waals surface area contributed by atoms with Gasteiger partial charge >= 0.3 is 0 Å². The van der Waals surface area contributed by atoms with Crippen LogP contribution in [0.15, 0.2) is 16.9 Å². The van der Waals surface area contributed by atoms with Crippen LogP contribution in [-0.2, 0) is 9.59 Å². The first-order valence-corrected chi connectivity index (χ1v) is 6.50. The topological polar surface area (TPSA) is 133 Å². The monoisotopic (exact) mass is 304 g/mol. The Balaban J connectivity index is 2.28. The summed E-state index contributed by atoms with van der Waals surface area (Å²) >= 11 is 0. The van der Waals surface area contributed by atoms with E-state index in [2.05, 4.69) is 20.4 Å². The molecule has 0 fully saturated rings. The molecule has 9 nitrogen and oxygen atoms in total. The molecular formula is C13H14N5O4-. The highest BCUT2D eigenvalue weighted by Crippen LogP contribution is 2.14. The number of carbonyl (C=O) groups excluding carboxylic acids is 2. The second kappa shape index (κ2) is 6.20. The summed E-state index contributed by atoms with van der Waals surface area (Å²) in [4.78, 5) is 40.2. The number of hydrogen-bond acceptors (Lipinski definition) is 6. The maximum Gasteiger partial charge on any atom is 0.252 e. The van der Waals surface area contributed by atoms with Crippen LogP contribution >= 0.6 is 0 Å². The van der Waals surface area contributed by atoms with Gasteiger partial charge in [0, 0.05) is 30.2 Å². The molecule has 2 N–H and O–H groups in total. The lowest BCUT2D eigenvalue weighted by Crippen LogP contribution is -2.25. The Morgan fingerprint density at radius 2 is 2.00 bits per heavy atom. The Labute approximate surface area is 125 Å². The van der Waals surface area contributed by atoms with Crippen LogP contribution in [0.5, 0.6) is 0 Å². The van der Waals surface area contributed by atoms with E-state index in [9.17, 15) is 19.5 Å². The molecule has 2 heterocycles. The summed E-state index contributed by atoms with van der Waals surface area (Å²) in [6.07, 6.45) is -0.594. The summed E-state index contributed by atoms with van der Waals surface area (Å²) in [5.74, 6) is -1.35.